The molecule has 0 bridgehead atoms. The second kappa shape index (κ2) is 11.1. The maximum atomic E-state index is 4.66. The summed E-state index contributed by atoms with van der Waals surface area (Å²) in [6, 6.07) is 5.56. The second-order valence-corrected chi connectivity index (χ2v) is 7.73. The van der Waals surface area contributed by atoms with Crippen LogP contribution in [0.15, 0.2) is 9.98 Å². The van der Waals surface area contributed by atoms with Crippen molar-refractivity contribution in [2.24, 2.45) is 9.98 Å². The van der Waals surface area contributed by atoms with Crippen molar-refractivity contribution in [1.29, 1.82) is 0 Å². The Morgan fingerprint density at radius 2 is 0.920 bits per heavy atom. The minimum Gasteiger partial charge on any atom is -0.301 e. The summed E-state index contributed by atoms with van der Waals surface area (Å²) in [5.41, 5.74) is 0. The van der Waals surface area contributed by atoms with Crippen LogP contribution < -0.4 is 0 Å². The highest BCUT2D eigenvalue weighted by Gasteiger charge is 2.25. The van der Waals surface area contributed by atoms with Gasteiger partial charge >= 0.3 is 0 Å². The van der Waals surface area contributed by atoms with Crippen molar-refractivity contribution >= 4 is 6.01 Å². The Hall–Kier alpha value is -0.700. The molecule has 0 aromatic heterocycles. The summed E-state index contributed by atoms with van der Waals surface area (Å²) in [6.07, 6.45) is 9.96. The van der Waals surface area contributed by atoms with E-state index in [4.69, 9.17) is 0 Å². The SMILES string of the molecule is CCN(CC)C1CCC(N=C=NC2CCC(N(CC)CC)CC2)CC1. The van der Waals surface area contributed by atoms with E-state index in [1.165, 1.54) is 77.5 Å². The Labute approximate surface area is 155 Å². The Morgan fingerprint density at radius 3 is 1.20 bits per heavy atom. The first-order chi connectivity index (χ1) is 12.2. The van der Waals surface area contributed by atoms with E-state index in [1.54, 1.807) is 0 Å². The molecule has 2 aliphatic carbocycles. The Balaban J connectivity index is 1.72. The lowest BCUT2D eigenvalue weighted by atomic mass is 9.90. The summed E-state index contributed by atoms with van der Waals surface area (Å²) in [7, 11) is 0. The molecular weight excluding hydrogens is 308 g/mol. The van der Waals surface area contributed by atoms with Crippen molar-refractivity contribution in [3.05, 3.63) is 0 Å². The van der Waals surface area contributed by atoms with Crippen LogP contribution in [0.25, 0.3) is 0 Å². The van der Waals surface area contributed by atoms with Gasteiger partial charge in [-0.1, -0.05) is 27.7 Å². The van der Waals surface area contributed by atoms with Crippen molar-refractivity contribution in [1.82, 2.24) is 9.80 Å². The molecule has 144 valence electrons. The number of nitrogens with zero attached hydrogens (tertiary/aromatic N) is 4. The fraction of sp³-hybridized carbons (Fsp3) is 0.952. The molecule has 4 heteroatoms. The van der Waals surface area contributed by atoms with Crippen LogP contribution in [-0.4, -0.2) is 66.2 Å². The van der Waals surface area contributed by atoms with E-state index in [9.17, 15) is 0 Å². The molecule has 0 aromatic rings. The van der Waals surface area contributed by atoms with Gasteiger partial charge in [0, 0.05) is 12.1 Å². The number of rotatable bonds is 8. The molecule has 2 fully saturated rings. The lowest BCUT2D eigenvalue weighted by Gasteiger charge is -2.34. The van der Waals surface area contributed by atoms with E-state index in [0.717, 1.165) is 12.1 Å². The summed E-state index contributed by atoms with van der Waals surface area (Å²) in [5, 5.41) is 0. The molecule has 2 aliphatic rings. The summed E-state index contributed by atoms with van der Waals surface area (Å²) in [4.78, 5) is 14.5. The lowest BCUT2D eigenvalue weighted by Crippen LogP contribution is -2.38. The molecule has 0 amide bonds. The van der Waals surface area contributed by atoms with Gasteiger partial charge in [-0.25, -0.2) is 9.98 Å². The van der Waals surface area contributed by atoms with Gasteiger partial charge in [0.1, 0.15) is 0 Å². The third-order valence-corrected chi connectivity index (χ3v) is 6.47. The zero-order chi connectivity index (χ0) is 18.1. The van der Waals surface area contributed by atoms with E-state index >= 15 is 0 Å². The molecule has 4 nitrogen and oxygen atoms in total. The summed E-state index contributed by atoms with van der Waals surface area (Å²) in [5.74, 6) is 0. The molecule has 0 heterocycles. The average molecular weight is 349 g/mol. The summed E-state index contributed by atoms with van der Waals surface area (Å²) < 4.78 is 0. The van der Waals surface area contributed by atoms with E-state index in [0.29, 0.717) is 12.1 Å². The van der Waals surface area contributed by atoms with Crippen molar-refractivity contribution in [2.45, 2.75) is 103 Å². The van der Waals surface area contributed by atoms with Crippen molar-refractivity contribution in [3.63, 3.8) is 0 Å². The predicted molar refractivity (Wildman–Crippen MR) is 108 cm³/mol. The largest absolute Gasteiger partial charge is 0.301 e. The highest BCUT2D eigenvalue weighted by Crippen LogP contribution is 2.26. The predicted octanol–water partition coefficient (Wildman–Crippen LogP) is 4.47. The van der Waals surface area contributed by atoms with Crippen LogP contribution in [0.5, 0.6) is 0 Å². The smallest absolute Gasteiger partial charge is 0.0898 e. The molecule has 0 saturated heterocycles. The van der Waals surface area contributed by atoms with E-state index in [1.807, 2.05) is 0 Å². The fourth-order valence-corrected chi connectivity index (χ4v) is 4.78. The van der Waals surface area contributed by atoms with Gasteiger partial charge in [-0.15, -0.1) is 0 Å². The molecule has 2 rings (SSSR count). The van der Waals surface area contributed by atoms with Crippen LogP contribution in [0.1, 0.15) is 79.1 Å². The highest BCUT2D eigenvalue weighted by atomic mass is 15.1. The van der Waals surface area contributed by atoms with Crippen LogP contribution >= 0.6 is 0 Å². The van der Waals surface area contributed by atoms with E-state index in [-0.39, 0.29) is 0 Å². The van der Waals surface area contributed by atoms with Gasteiger partial charge in [0.05, 0.1) is 18.1 Å². The second-order valence-electron chi connectivity index (χ2n) is 7.73. The maximum absolute atomic E-state index is 4.66. The molecule has 0 atom stereocenters. The van der Waals surface area contributed by atoms with E-state index < -0.39 is 0 Å². The van der Waals surface area contributed by atoms with Gasteiger partial charge in [0.25, 0.3) is 0 Å². The zero-order valence-corrected chi connectivity index (χ0v) is 17.1. The van der Waals surface area contributed by atoms with Crippen LogP contribution in [0.3, 0.4) is 0 Å². The molecule has 0 aliphatic heterocycles. The van der Waals surface area contributed by atoms with Gasteiger partial charge in [-0.3, -0.25) is 0 Å². The molecule has 0 spiro atoms. The first-order valence-electron chi connectivity index (χ1n) is 10.8. The van der Waals surface area contributed by atoms with E-state index in [2.05, 4.69) is 53.5 Å². The number of hydrogen-bond acceptors (Lipinski definition) is 4. The van der Waals surface area contributed by atoms with Gasteiger partial charge in [0.2, 0.25) is 0 Å². The maximum Gasteiger partial charge on any atom is 0.0898 e. The van der Waals surface area contributed by atoms with Crippen molar-refractivity contribution in [2.75, 3.05) is 26.2 Å². The van der Waals surface area contributed by atoms with Crippen molar-refractivity contribution in [3.8, 4) is 0 Å². The quantitative estimate of drug-likeness (QED) is 0.606. The molecule has 0 aromatic carbocycles. The highest BCUT2D eigenvalue weighted by molar-refractivity contribution is 5.42. The third-order valence-electron chi connectivity index (χ3n) is 6.47. The third kappa shape index (κ3) is 6.20. The van der Waals surface area contributed by atoms with Crippen LogP contribution in [0.4, 0.5) is 0 Å². The first kappa shape index (κ1) is 20.6. The van der Waals surface area contributed by atoms with Gasteiger partial charge in [-0.05, 0) is 77.5 Å². The van der Waals surface area contributed by atoms with Gasteiger partial charge in [0.15, 0.2) is 0 Å². The first-order valence-corrected chi connectivity index (χ1v) is 10.8. The summed E-state index contributed by atoms with van der Waals surface area (Å²) in [6.45, 7) is 13.8. The number of hydrogen-bond donors (Lipinski definition) is 0. The van der Waals surface area contributed by atoms with Gasteiger partial charge < -0.3 is 9.80 Å². The fourth-order valence-electron chi connectivity index (χ4n) is 4.78. The van der Waals surface area contributed by atoms with Crippen LogP contribution in [0, 0.1) is 0 Å². The topological polar surface area (TPSA) is 31.2 Å². The Kier molecular flexibility index (Phi) is 9.16. The molecule has 25 heavy (non-hydrogen) atoms. The Morgan fingerprint density at radius 1 is 0.600 bits per heavy atom. The van der Waals surface area contributed by atoms with Crippen molar-refractivity contribution < 1.29 is 0 Å². The normalized spacial score (nSPS) is 30.3. The average Bonchev–Trinajstić information content (AvgIpc) is 2.66. The lowest BCUT2D eigenvalue weighted by molar-refractivity contribution is 0.164. The zero-order valence-electron chi connectivity index (χ0n) is 17.1. The number of aliphatic imine (C=N–C) groups is 2. The monoisotopic (exact) mass is 348 g/mol. The molecule has 0 radical (unpaired) electrons. The molecular formula is C21H40N4. The minimum absolute atomic E-state index is 0.461. The minimum atomic E-state index is 0.461. The molecule has 0 unspecified atom stereocenters. The summed E-state index contributed by atoms with van der Waals surface area (Å²) >= 11 is 0. The molecule has 0 N–H and O–H groups in total. The van der Waals surface area contributed by atoms with Crippen LogP contribution in [0.2, 0.25) is 0 Å². The standard InChI is InChI=1S/C21H40N4/c1-5-24(6-2)20-13-9-18(10-14-20)22-17-23-19-11-15-21(16-12-19)25(7-3)8-4/h18-21H,5-16H2,1-4H3. The Bertz CT molecular complexity index is 370. The van der Waals surface area contributed by atoms with Crippen LogP contribution in [-0.2, 0) is 0 Å². The van der Waals surface area contributed by atoms with Gasteiger partial charge in [-0.2, -0.15) is 0 Å². The molecule has 2 saturated carbocycles.